The molecule has 48 heavy (non-hydrogen) atoms. The van der Waals surface area contributed by atoms with Crippen molar-refractivity contribution in [3.05, 3.63) is 66.9 Å². The summed E-state index contributed by atoms with van der Waals surface area (Å²) in [7, 11) is 0. The van der Waals surface area contributed by atoms with Crippen molar-refractivity contribution in [2.45, 2.75) is 85.6 Å². The average Bonchev–Trinajstić information content (AvgIpc) is 3.74. The highest BCUT2D eigenvalue weighted by atomic mass is 16.6. The number of rotatable bonds is 11. The van der Waals surface area contributed by atoms with Gasteiger partial charge in [-0.3, -0.25) is 0 Å². The van der Waals surface area contributed by atoms with Crippen molar-refractivity contribution in [2.75, 3.05) is 13.1 Å². The van der Waals surface area contributed by atoms with E-state index in [1.165, 1.54) is 0 Å². The van der Waals surface area contributed by atoms with E-state index < -0.39 is 17.3 Å². The van der Waals surface area contributed by atoms with Crippen LogP contribution in [0.1, 0.15) is 73.0 Å². The number of hydrogen-bond donors (Lipinski definition) is 2. The summed E-state index contributed by atoms with van der Waals surface area (Å²) in [4.78, 5) is 49.8. The Kier molecular flexibility index (Phi) is 9.92. The van der Waals surface area contributed by atoms with E-state index in [4.69, 9.17) is 23.9 Å². The van der Waals surface area contributed by atoms with Crippen molar-refractivity contribution in [3.63, 3.8) is 0 Å². The van der Waals surface area contributed by atoms with Gasteiger partial charge in [-0.15, -0.1) is 6.58 Å². The molecule has 2 aromatic carbocycles. The molecule has 0 saturated carbocycles. The van der Waals surface area contributed by atoms with E-state index in [-0.39, 0.29) is 12.6 Å². The third-order valence-corrected chi connectivity index (χ3v) is 7.19. The molecule has 12 heteroatoms. The number of imidazole rings is 2. The van der Waals surface area contributed by atoms with Crippen LogP contribution in [0.3, 0.4) is 0 Å². The first-order chi connectivity index (χ1) is 22.7. The van der Waals surface area contributed by atoms with Crippen LogP contribution >= 0.6 is 0 Å². The number of aromatic nitrogens is 5. The van der Waals surface area contributed by atoms with Gasteiger partial charge in [0.05, 0.1) is 41.4 Å². The molecule has 5 aromatic rings. The van der Waals surface area contributed by atoms with Crippen LogP contribution in [0.5, 0.6) is 0 Å². The highest BCUT2D eigenvalue weighted by Gasteiger charge is 2.25. The lowest BCUT2D eigenvalue weighted by Crippen LogP contribution is -2.37. The first-order valence-corrected chi connectivity index (χ1v) is 16.2. The van der Waals surface area contributed by atoms with Gasteiger partial charge in [0.25, 0.3) is 0 Å². The lowest BCUT2D eigenvalue weighted by atomic mass is 10.1. The Morgan fingerprint density at radius 3 is 2.19 bits per heavy atom. The van der Waals surface area contributed by atoms with Crippen molar-refractivity contribution < 1.29 is 23.5 Å². The fourth-order valence-electron chi connectivity index (χ4n) is 5.15. The molecular formula is C36H45N7O5. The van der Waals surface area contributed by atoms with E-state index in [1.807, 2.05) is 84.9 Å². The second-order valence-electron chi connectivity index (χ2n) is 13.7. The van der Waals surface area contributed by atoms with E-state index in [0.29, 0.717) is 54.9 Å². The predicted octanol–water partition coefficient (Wildman–Crippen LogP) is 8.22. The molecule has 0 saturated heterocycles. The van der Waals surface area contributed by atoms with Crippen molar-refractivity contribution >= 4 is 34.3 Å². The summed E-state index contributed by atoms with van der Waals surface area (Å²) in [5.41, 5.74) is 3.41. The Morgan fingerprint density at radius 2 is 1.54 bits per heavy atom. The summed E-state index contributed by atoms with van der Waals surface area (Å²) >= 11 is 0. The van der Waals surface area contributed by atoms with Gasteiger partial charge in [-0.1, -0.05) is 19.1 Å². The summed E-state index contributed by atoms with van der Waals surface area (Å²) in [6, 6.07) is 11.5. The molecule has 0 bridgehead atoms. The van der Waals surface area contributed by atoms with Crippen LogP contribution < -0.4 is 0 Å². The number of H-pyrrole nitrogens is 2. The maximum atomic E-state index is 12.9. The number of fused-ring (bicyclic) bond motifs is 2. The highest BCUT2D eigenvalue weighted by Crippen LogP contribution is 2.32. The van der Waals surface area contributed by atoms with Gasteiger partial charge < -0.3 is 33.7 Å². The number of oxazole rings is 1. The number of carbonyl (C=O) groups is 2. The molecule has 0 fully saturated rings. The topological polar surface area (TPSA) is 142 Å². The largest absolute Gasteiger partial charge is 0.444 e. The first-order valence-electron chi connectivity index (χ1n) is 16.2. The highest BCUT2D eigenvalue weighted by molar-refractivity contribution is 5.90. The van der Waals surface area contributed by atoms with Crippen molar-refractivity contribution in [2.24, 2.45) is 0 Å². The van der Waals surface area contributed by atoms with Crippen molar-refractivity contribution in [1.29, 1.82) is 0 Å². The zero-order chi connectivity index (χ0) is 34.6. The Balaban J connectivity index is 1.36. The second-order valence-corrected chi connectivity index (χ2v) is 13.7. The third-order valence-electron chi connectivity index (χ3n) is 7.19. The SMILES string of the molecule is C=CCCN(Cc1nc2c(-c3ncc(-c4ccc5nc(CN(CCC)C(=O)OC(C)(C)C)[nH]c5c4)o3)cccc2[nH]1)C(=O)OC(C)(C)C. The molecule has 254 valence electrons. The van der Waals surface area contributed by atoms with Gasteiger partial charge >= 0.3 is 12.2 Å². The Labute approximate surface area is 280 Å². The third kappa shape index (κ3) is 8.41. The Bertz CT molecular complexity index is 1910. The first kappa shape index (κ1) is 34.2. The Morgan fingerprint density at radius 1 is 0.896 bits per heavy atom. The smallest absolute Gasteiger partial charge is 0.410 e. The van der Waals surface area contributed by atoms with E-state index >= 15 is 0 Å². The van der Waals surface area contributed by atoms with Crippen molar-refractivity contribution in [3.8, 4) is 22.8 Å². The van der Waals surface area contributed by atoms with Crippen LogP contribution in [-0.2, 0) is 22.6 Å². The van der Waals surface area contributed by atoms with E-state index in [9.17, 15) is 9.59 Å². The number of para-hydroxylation sites is 1. The van der Waals surface area contributed by atoms with Crippen LogP contribution in [0.15, 0.2) is 59.7 Å². The zero-order valence-electron chi connectivity index (χ0n) is 28.8. The molecule has 2 N–H and O–H groups in total. The molecule has 0 radical (unpaired) electrons. The molecule has 0 aliphatic rings. The fraction of sp³-hybridized carbons (Fsp3) is 0.417. The van der Waals surface area contributed by atoms with Gasteiger partial charge in [0.15, 0.2) is 5.76 Å². The molecule has 5 rings (SSSR count). The molecule has 3 aromatic heterocycles. The molecule has 0 spiro atoms. The maximum absolute atomic E-state index is 12.9. The maximum Gasteiger partial charge on any atom is 0.410 e. The molecule has 0 aliphatic carbocycles. The number of amides is 2. The minimum Gasteiger partial charge on any atom is -0.444 e. The number of carbonyl (C=O) groups excluding carboxylic acids is 2. The number of aromatic amines is 2. The molecule has 0 unspecified atom stereocenters. The van der Waals surface area contributed by atoms with Crippen LogP contribution in [0.4, 0.5) is 9.59 Å². The molecule has 0 aliphatic heterocycles. The number of hydrogen-bond acceptors (Lipinski definition) is 8. The van der Waals surface area contributed by atoms with Gasteiger partial charge in [-0.25, -0.2) is 24.5 Å². The standard InChI is InChI=1S/C36H45N7O5/c1-9-11-18-43(34(45)48-36(6,7)8)22-30-39-26-14-12-13-24(31(26)41-30)32-37-20-28(46-32)23-15-16-25-27(19-23)40-29(38-25)21-42(17-10-2)33(44)47-35(3,4)5/h9,12-16,19-20H,1,10-11,17-18,21-22H2,2-8H3,(H,38,40)(H,39,41). The quantitative estimate of drug-likeness (QED) is 0.136. The van der Waals surface area contributed by atoms with Gasteiger partial charge in [-0.2, -0.15) is 0 Å². The van der Waals surface area contributed by atoms with Crippen molar-refractivity contribution in [1.82, 2.24) is 34.7 Å². The normalized spacial score (nSPS) is 12.0. The van der Waals surface area contributed by atoms with E-state index in [0.717, 1.165) is 34.1 Å². The lowest BCUT2D eigenvalue weighted by Gasteiger charge is -2.26. The van der Waals surface area contributed by atoms with E-state index in [1.54, 1.807) is 22.1 Å². The van der Waals surface area contributed by atoms with Crippen LogP contribution in [0.2, 0.25) is 0 Å². The van der Waals surface area contributed by atoms with Gasteiger partial charge in [0, 0.05) is 18.7 Å². The number of nitrogens with zero attached hydrogens (tertiary/aromatic N) is 5. The van der Waals surface area contributed by atoms with Gasteiger partial charge in [0.2, 0.25) is 5.89 Å². The van der Waals surface area contributed by atoms with Crippen LogP contribution in [-0.4, -0.2) is 71.2 Å². The second kappa shape index (κ2) is 13.9. The van der Waals surface area contributed by atoms with E-state index in [2.05, 4.69) is 21.5 Å². The van der Waals surface area contributed by atoms with Gasteiger partial charge in [-0.05, 0) is 84.7 Å². The number of ether oxygens (including phenoxy) is 2. The lowest BCUT2D eigenvalue weighted by molar-refractivity contribution is 0.0221. The summed E-state index contributed by atoms with van der Waals surface area (Å²) in [5, 5.41) is 0. The molecule has 12 nitrogen and oxygen atoms in total. The molecule has 3 heterocycles. The summed E-state index contributed by atoms with van der Waals surface area (Å²) in [6.07, 6.45) is 4.09. The van der Waals surface area contributed by atoms with Gasteiger partial charge in [0.1, 0.15) is 28.4 Å². The minimum atomic E-state index is -0.616. The molecule has 2 amide bonds. The predicted molar refractivity (Wildman–Crippen MR) is 185 cm³/mol. The summed E-state index contributed by atoms with van der Waals surface area (Å²) in [5.74, 6) is 2.28. The Hall–Kier alpha value is -5.13. The summed E-state index contributed by atoms with van der Waals surface area (Å²) in [6.45, 7) is 18.4. The average molecular weight is 656 g/mol. The minimum absolute atomic E-state index is 0.244. The fourth-order valence-corrected chi connectivity index (χ4v) is 5.15. The molecular weight excluding hydrogens is 610 g/mol. The zero-order valence-corrected chi connectivity index (χ0v) is 28.8. The van der Waals surface area contributed by atoms with Crippen LogP contribution in [0, 0.1) is 0 Å². The number of nitrogens with one attached hydrogen (secondary N) is 2. The monoisotopic (exact) mass is 655 g/mol. The van der Waals surface area contributed by atoms with Crippen LogP contribution in [0.25, 0.3) is 44.8 Å². The molecule has 0 atom stereocenters. The summed E-state index contributed by atoms with van der Waals surface area (Å²) < 4.78 is 17.5. The number of benzene rings is 2.